The van der Waals surface area contributed by atoms with Crippen LogP contribution in [-0.4, -0.2) is 25.7 Å². The second kappa shape index (κ2) is 7.88. The summed E-state index contributed by atoms with van der Waals surface area (Å²) in [5, 5.41) is 0. The number of methoxy groups -OCH3 is 1. The number of carbonyl (C=O) groups is 1. The molecule has 0 heterocycles. The third kappa shape index (κ3) is 3.90. The molecule has 2 aliphatic rings. The van der Waals surface area contributed by atoms with Gasteiger partial charge in [0.2, 0.25) is 0 Å². The van der Waals surface area contributed by atoms with Crippen molar-refractivity contribution >= 4 is 5.97 Å². The summed E-state index contributed by atoms with van der Waals surface area (Å²) in [6.45, 7) is 2.88. The first kappa shape index (κ1) is 18.4. The van der Waals surface area contributed by atoms with Crippen molar-refractivity contribution in [3.8, 4) is 5.75 Å². The molecule has 2 N–H and O–H groups in total. The summed E-state index contributed by atoms with van der Waals surface area (Å²) >= 11 is 0. The normalized spacial score (nSPS) is 28.6. The van der Waals surface area contributed by atoms with E-state index in [4.69, 9.17) is 15.2 Å². The van der Waals surface area contributed by atoms with Crippen LogP contribution < -0.4 is 10.5 Å². The summed E-state index contributed by atoms with van der Waals surface area (Å²) in [6.07, 6.45) is 8.26. The van der Waals surface area contributed by atoms with E-state index in [1.807, 2.05) is 6.07 Å². The van der Waals surface area contributed by atoms with E-state index in [-0.39, 0.29) is 17.4 Å². The molecule has 138 valence electrons. The van der Waals surface area contributed by atoms with Crippen molar-refractivity contribution in [2.24, 2.45) is 11.7 Å². The number of fused-ring (bicyclic) bond motifs is 4. The average Bonchev–Trinajstić information content (AvgIpc) is 2.59. The average molecular weight is 345 g/mol. The van der Waals surface area contributed by atoms with Gasteiger partial charge in [-0.1, -0.05) is 32.3 Å². The predicted molar refractivity (Wildman–Crippen MR) is 98.8 cm³/mol. The van der Waals surface area contributed by atoms with Crippen LogP contribution in [0.1, 0.15) is 63.0 Å². The number of hydrogen-bond donors (Lipinski definition) is 1. The Morgan fingerprint density at radius 1 is 1.32 bits per heavy atom. The highest BCUT2D eigenvalue weighted by molar-refractivity contribution is 5.72. The number of carbonyl (C=O) groups excluding carboxylic acids is 1. The molecule has 4 heteroatoms. The number of hydrogen-bond acceptors (Lipinski definition) is 4. The molecule has 3 rings (SSSR count). The summed E-state index contributed by atoms with van der Waals surface area (Å²) in [5.74, 6) is 1.02. The maximum atomic E-state index is 12.0. The second-order valence-corrected chi connectivity index (χ2v) is 7.90. The lowest BCUT2D eigenvalue weighted by Gasteiger charge is -2.47. The van der Waals surface area contributed by atoms with Gasteiger partial charge in [0.1, 0.15) is 5.75 Å². The molecule has 0 aliphatic heterocycles. The molecular weight excluding hydrogens is 314 g/mol. The van der Waals surface area contributed by atoms with Crippen LogP contribution in [0, 0.1) is 5.92 Å². The van der Waals surface area contributed by atoms with Crippen molar-refractivity contribution in [3.05, 3.63) is 29.3 Å². The zero-order valence-corrected chi connectivity index (χ0v) is 15.6. The van der Waals surface area contributed by atoms with Gasteiger partial charge in [0.05, 0.1) is 0 Å². The van der Waals surface area contributed by atoms with Gasteiger partial charge in [-0.25, -0.2) is 0 Å². The Kier molecular flexibility index (Phi) is 5.80. The van der Waals surface area contributed by atoms with Gasteiger partial charge in [-0.05, 0) is 54.9 Å². The van der Waals surface area contributed by atoms with Crippen molar-refractivity contribution < 1.29 is 14.3 Å². The fraction of sp³-hybridized carbons (Fsp3) is 0.667. The first-order valence-corrected chi connectivity index (χ1v) is 9.63. The second-order valence-electron chi connectivity index (χ2n) is 7.90. The van der Waals surface area contributed by atoms with Gasteiger partial charge in [0.25, 0.3) is 0 Å². The number of rotatable bonds is 5. The van der Waals surface area contributed by atoms with E-state index in [0.717, 1.165) is 12.8 Å². The minimum absolute atomic E-state index is 0.0167. The monoisotopic (exact) mass is 345 g/mol. The third-order valence-corrected chi connectivity index (χ3v) is 6.15. The Morgan fingerprint density at radius 3 is 2.96 bits per heavy atom. The van der Waals surface area contributed by atoms with Crippen molar-refractivity contribution in [1.29, 1.82) is 0 Å². The maximum absolute atomic E-state index is 12.0. The van der Waals surface area contributed by atoms with Crippen LogP contribution in [0.3, 0.4) is 0 Å². The van der Waals surface area contributed by atoms with Crippen LogP contribution in [0.15, 0.2) is 18.2 Å². The van der Waals surface area contributed by atoms with Gasteiger partial charge in [-0.2, -0.15) is 0 Å². The lowest BCUT2D eigenvalue weighted by atomic mass is 9.60. The van der Waals surface area contributed by atoms with Crippen LogP contribution >= 0.6 is 0 Å². The lowest BCUT2D eigenvalue weighted by molar-refractivity contribution is -0.134. The summed E-state index contributed by atoms with van der Waals surface area (Å²) in [6, 6.07) is 6.34. The zero-order valence-electron chi connectivity index (χ0n) is 15.6. The van der Waals surface area contributed by atoms with E-state index >= 15 is 0 Å². The van der Waals surface area contributed by atoms with E-state index in [2.05, 4.69) is 19.1 Å². The highest BCUT2D eigenvalue weighted by Gasteiger charge is 2.43. The topological polar surface area (TPSA) is 61.5 Å². The SMILES string of the molecule is COCCCC(=O)Oc1ccc2c(c1)[C@@]1(C)CCCCC[C@@H](C2)[C@@H]1N. The van der Waals surface area contributed by atoms with Crippen LogP contribution in [-0.2, 0) is 21.4 Å². The van der Waals surface area contributed by atoms with Crippen molar-refractivity contribution in [2.45, 2.75) is 69.7 Å². The van der Waals surface area contributed by atoms with Gasteiger partial charge in [-0.15, -0.1) is 0 Å². The predicted octanol–water partition coefficient (Wildman–Crippen LogP) is 3.74. The first-order chi connectivity index (χ1) is 12.0. The number of esters is 1. The molecule has 25 heavy (non-hydrogen) atoms. The summed E-state index contributed by atoms with van der Waals surface area (Å²) in [7, 11) is 1.64. The van der Waals surface area contributed by atoms with Crippen LogP contribution in [0.4, 0.5) is 0 Å². The Labute approximate surface area is 151 Å². The molecule has 0 spiro atoms. The lowest BCUT2D eigenvalue weighted by Crippen LogP contribution is -2.52. The van der Waals surface area contributed by atoms with Gasteiger partial charge in [0, 0.05) is 31.6 Å². The van der Waals surface area contributed by atoms with E-state index in [0.29, 0.717) is 31.1 Å². The zero-order chi connectivity index (χ0) is 17.9. The van der Waals surface area contributed by atoms with Crippen LogP contribution in [0.2, 0.25) is 0 Å². The number of ether oxygens (including phenoxy) is 2. The number of nitrogens with two attached hydrogens (primary N) is 1. The van der Waals surface area contributed by atoms with Gasteiger partial charge in [-0.3, -0.25) is 4.79 Å². The molecule has 2 aliphatic carbocycles. The Bertz CT molecular complexity index is 615. The van der Waals surface area contributed by atoms with E-state index in [1.165, 1.54) is 36.8 Å². The summed E-state index contributed by atoms with van der Waals surface area (Å²) in [5.41, 5.74) is 9.37. The molecule has 0 amide bonds. The molecule has 1 saturated carbocycles. The molecule has 2 bridgehead atoms. The standard InChI is InChI=1S/C21H31NO3/c1-21-11-5-3-4-7-16(20(21)22)13-15-9-10-17(14-18(15)21)25-19(23)8-6-12-24-2/h9-10,14,16,20H,3-8,11-13,22H2,1-2H3/t16-,20-,21+/m0/s1. The molecule has 0 aromatic heterocycles. The molecule has 1 aromatic carbocycles. The maximum Gasteiger partial charge on any atom is 0.311 e. The Morgan fingerprint density at radius 2 is 2.16 bits per heavy atom. The fourth-order valence-electron chi connectivity index (χ4n) is 4.64. The largest absolute Gasteiger partial charge is 0.427 e. The van der Waals surface area contributed by atoms with E-state index < -0.39 is 0 Å². The van der Waals surface area contributed by atoms with Crippen LogP contribution in [0.25, 0.3) is 0 Å². The number of benzene rings is 1. The highest BCUT2D eigenvalue weighted by atomic mass is 16.5. The molecule has 1 fully saturated rings. The van der Waals surface area contributed by atoms with Crippen LogP contribution in [0.5, 0.6) is 5.75 Å². The van der Waals surface area contributed by atoms with Crippen molar-refractivity contribution in [1.82, 2.24) is 0 Å². The quantitative estimate of drug-likeness (QED) is 0.502. The minimum Gasteiger partial charge on any atom is -0.427 e. The van der Waals surface area contributed by atoms with Gasteiger partial charge in [0.15, 0.2) is 0 Å². The van der Waals surface area contributed by atoms with Gasteiger partial charge >= 0.3 is 5.97 Å². The molecule has 4 nitrogen and oxygen atoms in total. The summed E-state index contributed by atoms with van der Waals surface area (Å²) < 4.78 is 10.6. The Balaban J connectivity index is 1.81. The van der Waals surface area contributed by atoms with E-state index in [9.17, 15) is 4.79 Å². The fourth-order valence-corrected chi connectivity index (χ4v) is 4.64. The molecule has 1 aromatic rings. The van der Waals surface area contributed by atoms with E-state index in [1.54, 1.807) is 7.11 Å². The Hall–Kier alpha value is -1.39. The van der Waals surface area contributed by atoms with Gasteiger partial charge < -0.3 is 15.2 Å². The molecular formula is C21H31NO3. The summed E-state index contributed by atoms with van der Waals surface area (Å²) in [4.78, 5) is 12.0. The molecule has 0 radical (unpaired) electrons. The van der Waals surface area contributed by atoms with Crippen molar-refractivity contribution in [3.63, 3.8) is 0 Å². The smallest absolute Gasteiger partial charge is 0.311 e. The third-order valence-electron chi connectivity index (χ3n) is 6.15. The molecule has 0 saturated heterocycles. The van der Waals surface area contributed by atoms with Crippen molar-refractivity contribution in [2.75, 3.05) is 13.7 Å². The molecule has 3 atom stereocenters. The minimum atomic E-state index is -0.196. The first-order valence-electron chi connectivity index (χ1n) is 9.63. The highest BCUT2D eigenvalue weighted by Crippen LogP contribution is 2.46. The molecule has 0 unspecified atom stereocenters.